The smallest absolute Gasteiger partial charge is 0.263 e. The third-order valence-corrected chi connectivity index (χ3v) is 5.32. The summed E-state index contributed by atoms with van der Waals surface area (Å²) in [7, 11) is -3.42. The molecule has 1 heterocycles. The Hall–Kier alpha value is -1.73. The van der Waals surface area contributed by atoms with Crippen LogP contribution in [-0.4, -0.2) is 19.3 Å². The van der Waals surface area contributed by atoms with Crippen molar-refractivity contribution < 1.29 is 8.42 Å². The molecular weight excluding hydrogens is 270 g/mol. The van der Waals surface area contributed by atoms with E-state index in [0.717, 1.165) is 24.8 Å². The Labute approximate surface area is 121 Å². The van der Waals surface area contributed by atoms with Gasteiger partial charge in [-0.05, 0) is 37.8 Å². The molecule has 1 unspecified atom stereocenters. The van der Waals surface area contributed by atoms with Crippen LogP contribution in [0.3, 0.4) is 0 Å². The number of aryl methyl sites for hydroxylation is 1. The van der Waals surface area contributed by atoms with Crippen molar-refractivity contribution in [2.45, 2.75) is 31.1 Å². The summed E-state index contributed by atoms with van der Waals surface area (Å²) in [5.41, 5.74) is 1.05. The summed E-state index contributed by atoms with van der Waals surface area (Å²) < 4.78 is 26.3. The van der Waals surface area contributed by atoms with Crippen LogP contribution in [0.25, 0.3) is 0 Å². The summed E-state index contributed by atoms with van der Waals surface area (Å²) >= 11 is 0. The van der Waals surface area contributed by atoms with Crippen LogP contribution in [0.2, 0.25) is 0 Å². The number of nitrogens with zero attached hydrogens (tertiary/aromatic N) is 1. The molecular formula is C16H19NO2S. The molecule has 0 saturated heterocycles. The second-order valence-corrected chi connectivity index (χ2v) is 6.95. The van der Waals surface area contributed by atoms with Gasteiger partial charge in [-0.15, -0.1) is 12.3 Å². The maximum Gasteiger partial charge on any atom is 0.263 e. The van der Waals surface area contributed by atoms with E-state index in [2.05, 4.69) is 5.92 Å². The number of allylic oxidation sites excluding steroid dienone is 1. The summed E-state index contributed by atoms with van der Waals surface area (Å²) in [6, 6.07) is 6.94. The fourth-order valence-corrected chi connectivity index (χ4v) is 3.56. The zero-order valence-corrected chi connectivity index (χ0v) is 12.4. The van der Waals surface area contributed by atoms with Crippen molar-refractivity contribution in [3.63, 3.8) is 0 Å². The molecule has 0 aromatic heterocycles. The first-order valence-electron chi connectivity index (χ1n) is 6.74. The minimum absolute atomic E-state index is 0.342. The molecule has 0 N–H and O–H groups in total. The van der Waals surface area contributed by atoms with Crippen molar-refractivity contribution in [2.24, 2.45) is 5.92 Å². The third-order valence-electron chi connectivity index (χ3n) is 3.53. The van der Waals surface area contributed by atoms with Crippen LogP contribution in [0.5, 0.6) is 0 Å². The predicted molar refractivity (Wildman–Crippen MR) is 80.4 cm³/mol. The molecule has 106 valence electrons. The van der Waals surface area contributed by atoms with Crippen LogP contribution in [0, 0.1) is 25.2 Å². The highest BCUT2D eigenvalue weighted by molar-refractivity contribution is 7.89. The van der Waals surface area contributed by atoms with E-state index in [1.54, 1.807) is 18.3 Å². The van der Waals surface area contributed by atoms with Gasteiger partial charge in [-0.2, -0.15) is 0 Å². The van der Waals surface area contributed by atoms with E-state index in [1.165, 1.54) is 4.31 Å². The lowest BCUT2D eigenvalue weighted by Gasteiger charge is -2.27. The lowest BCUT2D eigenvalue weighted by atomic mass is 9.98. The number of hydrogen-bond donors (Lipinski definition) is 0. The fourth-order valence-electron chi connectivity index (χ4n) is 2.24. The normalized spacial score (nSPS) is 18.8. The molecule has 0 saturated carbocycles. The Morgan fingerprint density at radius 3 is 2.60 bits per heavy atom. The van der Waals surface area contributed by atoms with Crippen molar-refractivity contribution in [1.29, 1.82) is 0 Å². The zero-order valence-electron chi connectivity index (χ0n) is 11.6. The van der Waals surface area contributed by atoms with Crippen molar-refractivity contribution in [3.05, 3.63) is 42.1 Å². The van der Waals surface area contributed by atoms with Gasteiger partial charge in [-0.25, -0.2) is 8.42 Å². The highest BCUT2D eigenvalue weighted by atomic mass is 32.2. The molecule has 0 aliphatic carbocycles. The fraction of sp³-hybridized carbons (Fsp3) is 0.375. The topological polar surface area (TPSA) is 37.4 Å². The molecule has 4 heteroatoms. The van der Waals surface area contributed by atoms with Crippen LogP contribution in [0.4, 0.5) is 0 Å². The molecule has 0 fully saturated rings. The van der Waals surface area contributed by atoms with Gasteiger partial charge in [0.05, 0.1) is 4.90 Å². The van der Waals surface area contributed by atoms with Gasteiger partial charge >= 0.3 is 0 Å². The molecule has 0 spiro atoms. The first-order valence-corrected chi connectivity index (χ1v) is 8.18. The monoisotopic (exact) mass is 289 g/mol. The standard InChI is InChI=1S/C16H19NO2S/c1-3-4-5-15-10-12-17(13-11-15)20(18,19)16-8-6-14(2)7-9-16/h1,6-10,12,15H,4-5,11,13H2,2H3. The van der Waals surface area contributed by atoms with Crippen molar-refractivity contribution >= 4 is 10.0 Å². The van der Waals surface area contributed by atoms with Gasteiger partial charge in [0.1, 0.15) is 0 Å². The van der Waals surface area contributed by atoms with Crippen molar-refractivity contribution in [3.8, 4) is 12.3 Å². The van der Waals surface area contributed by atoms with Gasteiger partial charge < -0.3 is 0 Å². The van der Waals surface area contributed by atoms with Gasteiger partial charge in [-0.3, -0.25) is 4.31 Å². The van der Waals surface area contributed by atoms with E-state index in [4.69, 9.17) is 6.42 Å². The predicted octanol–water partition coefficient (Wildman–Crippen LogP) is 2.93. The lowest BCUT2D eigenvalue weighted by molar-refractivity contribution is 0.417. The quantitative estimate of drug-likeness (QED) is 0.799. The van der Waals surface area contributed by atoms with E-state index in [9.17, 15) is 8.42 Å². The molecule has 1 atom stereocenters. The van der Waals surface area contributed by atoms with Crippen molar-refractivity contribution in [2.75, 3.05) is 6.54 Å². The lowest BCUT2D eigenvalue weighted by Crippen LogP contribution is -2.30. The van der Waals surface area contributed by atoms with Gasteiger partial charge in [0.25, 0.3) is 10.0 Å². The van der Waals surface area contributed by atoms with Crippen LogP contribution in [0.15, 0.2) is 41.4 Å². The maximum atomic E-state index is 12.5. The molecule has 2 rings (SSSR count). The SMILES string of the molecule is C#CCCC1C=CN(S(=O)(=O)c2ccc(C)cc2)CC1. The molecule has 1 aromatic carbocycles. The Morgan fingerprint density at radius 1 is 1.35 bits per heavy atom. The second-order valence-electron chi connectivity index (χ2n) is 5.06. The molecule has 0 radical (unpaired) electrons. The van der Waals surface area contributed by atoms with Crippen LogP contribution < -0.4 is 0 Å². The first kappa shape index (κ1) is 14.7. The zero-order chi connectivity index (χ0) is 14.6. The van der Waals surface area contributed by atoms with Crippen LogP contribution >= 0.6 is 0 Å². The molecule has 3 nitrogen and oxygen atoms in total. The average molecular weight is 289 g/mol. The van der Waals surface area contributed by atoms with E-state index < -0.39 is 10.0 Å². The maximum absolute atomic E-state index is 12.5. The second kappa shape index (κ2) is 6.15. The molecule has 1 aliphatic heterocycles. The molecule has 0 bridgehead atoms. The summed E-state index contributed by atoms with van der Waals surface area (Å²) in [5.74, 6) is 3.01. The Bertz CT molecular complexity index is 623. The van der Waals surface area contributed by atoms with Gasteiger partial charge in [-0.1, -0.05) is 23.8 Å². The summed E-state index contributed by atoms with van der Waals surface area (Å²) in [4.78, 5) is 0.342. The molecule has 1 aromatic rings. The third kappa shape index (κ3) is 3.23. The first-order chi connectivity index (χ1) is 9.54. The number of terminal acetylenes is 1. The summed E-state index contributed by atoms with van der Waals surface area (Å²) in [5, 5.41) is 0. The summed E-state index contributed by atoms with van der Waals surface area (Å²) in [6.45, 7) is 2.45. The molecule has 1 aliphatic rings. The van der Waals surface area contributed by atoms with Crippen LogP contribution in [0.1, 0.15) is 24.8 Å². The summed E-state index contributed by atoms with van der Waals surface area (Å²) in [6.07, 6.45) is 11.4. The number of rotatable bonds is 4. The number of hydrogen-bond acceptors (Lipinski definition) is 2. The minimum Gasteiger partial charge on any atom is -0.274 e. The molecule has 20 heavy (non-hydrogen) atoms. The average Bonchev–Trinajstić information content (AvgIpc) is 2.46. The van der Waals surface area contributed by atoms with Gasteiger partial charge in [0.15, 0.2) is 0 Å². The van der Waals surface area contributed by atoms with E-state index in [1.807, 2.05) is 25.1 Å². The molecule has 0 amide bonds. The largest absolute Gasteiger partial charge is 0.274 e. The highest BCUT2D eigenvalue weighted by Crippen LogP contribution is 2.24. The van der Waals surface area contributed by atoms with Gasteiger partial charge in [0.2, 0.25) is 0 Å². The van der Waals surface area contributed by atoms with E-state index >= 15 is 0 Å². The Kier molecular flexibility index (Phi) is 4.51. The van der Waals surface area contributed by atoms with Crippen LogP contribution in [-0.2, 0) is 10.0 Å². The number of sulfonamides is 1. The Balaban J connectivity index is 2.12. The van der Waals surface area contributed by atoms with E-state index in [-0.39, 0.29) is 0 Å². The van der Waals surface area contributed by atoms with E-state index in [0.29, 0.717) is 17.4 Å². The van der Waals surface area contributed by atoms with Gasteiger partial charge in [0, 0.05) is 19.2 Å². The van der Waals surface area contributed by atoms with Crippen molar-refractivity contribution in [1.82, 2.24) is 4.31 Å². The highest BCUT2D eigenvalue weighted by Gasteiger charge is 2.24. The number of benzene rings is 1. The minimum atomic E-state index is -3.42. The Morgan fingerprint density at radius 2 is 2.05 bits per heavy atom.